The molecular weight excluding hydrogens is 250 g/mol. The predicted molar refractivity (Wildman–Crippen MR) is 86.0 cm³/mol. The Kier molecular flexibility index (Phi) is 7.93. The van der Waals surface area contributed by atoms with Crippen LogP contribution in [-0.2, 0) is 0 Å². The van der Waals surface area contributed by atoms with Gasteiger partial charge in [-0.05, 0) is 38.8 Å². The SMILES string of the molecule is CCCCC(CC)Nc1cc(OCC)ccc1OCC. The summed E-state index contributed by atoms with van der Waals surface area (Å²) in [5.74, 6) is 1.80. The van der Waals surface area contributed by atoms with E-state index < -0.39 is 0 Å². The van der Waals surface area contributed by atoms with Crippen molar-refractivity contribution in [3.8, 4) is 11.5 Å². The standard InChI is InChI=1S/C17H29NO2/c1-5-9-10-14(6-2)18-16-13-15(19-7-3)11-12-17(16)20-8-4/h11-14,18H,5-10H2,1-4H3. The van der Waals surface area contributed by atoms with Crippen LogP contribution in [-0.4, -0.2) is 19.3 Å². The first kappa shape index (κ1) is 16.7. The molecule has 0 aromatic heterocycles. The van der Waals surface area contributed by atoms with E-state index in [0.717, 1.165) is 23.6 Å². The Bertz CT molecular complexity index is 379. The Balaban J connectivity index is 2.83. The number of anilines is 1. The van der Waals surface area contributed by atoms with E-state index in [2.05, 4.69) is 19.2 Å². The zero-order chi connectivity index (χ0) is 14.8. The summed E-state index contributed by atoms with van der Waals surface area (Å²) in [4.78, 5) is 0. The van der Waals surface area contributed by atoms with E-state index in [1.54, 1.807) is 0 Å². The molecule has 1 aromatic carbocycles. The second-order valence-corrected chi connectivity index (χ2v) is 4.92. The molecule has 1 N–H and O–H groups in total. The summed E-state index contributed by atoms with van der Waals surface area (Å²) < 4.78 is 11.3. The van der Waals surface area contributed by atoms with E-state index in [1.165, 1.54) is 19.3 Å². The molecule has 0 saturated carbocycles. The van der Waals surface area contributed by atoms with Gasteiger partial charge in [0, 0.05) is 12.1 Å². The number of hydrogen-bond acceptors (Lipinski definition) is 3. The van der Waals surface area contributed by atoms with Crippen LogP contribution >= 0.6 is 0 Å². The fourth-order valence-electron chi connectivity index (χ4n) is 2.21. The first-order valence-electron chi connectivity index (χ1n) is 7.91. The van der Waals surface area contributed by atoms with Crippen LogP contribution in [0.15, 0.2) is 18.2 Å². The van der Waals surface area contributed by atoms with Gasteiger partial charge in [-0.3, -0.25) is 0 Å². The molecular formula is C17H29NO2. The van der Waals surface area contributed by atoms with Crippen molar-refractivity contribution in [3.63, 3.8) is 0 Å². The predicted octanol–water partition coefficient (Wildman–Crippen LogP) is 4.86. The highest BCUT2D eigenvalue weighted by molar-refractivity contribution is 5.60. The van der Waals surface area contributed by atoms with Crippen molar-refractivity contribution < 1.29 is 9.47 Å². The summed E-state index contributed by atoms with van der Waals surface area (Å²) in [5.41, 5.74) is 1.04. The third kappa shape index (κ3) is 5.32. The van der Waals surface area contributed by atoms with Gasteiger partial charge in [-0.25, -0.2) is 0 Å². The highest BCUT2D eigenvalue weighted by atomic mass is 16.5. The van der Waals surface area contributed by atoms with Crippen molar-refractivity contribution >= 4 is 5.69 Å². The zero-order valence-corrected chi connectivity index (χ0v) is 13.4. The Morgan fingerprint density at radius 1 is 1.05 bits per heavy atom. The van der Waals surface area contributed by atoms with Gasteiger partial charge in [0.1, 0.15) is 11.5 Å². The lowest BCUT2D eigenvalue weighted by Gasteiger charge is -2.21. The van der Waals surface area contributed by atoms with Gasteiger partial charge in [-0.2, -0.15) is 0 Å². The molecule has 0 bridgehead atoms. The third-order valence-electron chi connectivity index (χ3n) is 3.32. The maximum Gasteiger partial charge on any atom is 0.142 e. The Morgan fingerprint density at radius 3 is 2.40 bits per heavy atom. The minimum atomic E-state index is 0.492. The average Bonchev–Trinajstić information content (AvgIpc) is 2.46. The maximum atomic E-state index is 5.70. The van der Waals surface area contributed by atoms with Crippen molar-refractivity contribution in [1.82, 2.24) is 0 Å². The van der Waals surface area contributed by atoms with Crippen LogP contribution in [0.5, 0.6) is 11.5 Å². The van der Waals surface area contributed by atoms with E-state index >= 15 is 0 Å². The molecule has 0 radical (unpaired) electrons. The molecule has 0 aliphatic heterocycles. The van der Waals surface area contributed by atoms with Crippen LogP contribution in [0.1, 0.15) is 53.4 Å². The number of unbranched alkanes of at least 4 members (excludes halogenated alkanes) is 1. The fraction of sp³-hybridized carbons (Fsp3) is 0.647. The van der Waals surface area contributed by atoms with Crippen molar-refractivity contribution in [3.05, 3.63) is 18.2 Å². The fourth-order valence-corrected chi connectivity index (χ4v) is 2.21. The highest BCUT2D eigenvalue weighted by Crippen LogP contribution is 2.30. The minimum absolute atomic E-state index is 0.492. The van der Waals surface area contributed by atoms with Gasteiger partial charge >= 0.3 is 0 Å². The summed E-state index contributed by atoms with van der Waals surface area (Å²) in [5, 5.41) is 3.61. The third-order valence-corrected chi connectivity index (χ3v) is 3.32. The van der Waals surface area contributed by atoms with E-state index in [9.17, 15) is 0 Å². The molecule has 1 aromatic rings. The molecule has 3 heteroatoms. The second-order valence-electron chi connectivity index (χ2n) is 4.92. The normalized spacial score (nSPS) is 12.0. The van der Waals surface area contributed by atoms with E-state index in [-0.39, 0.29) is 0 Å². The zero-order valence-electron chi connectivity index (χ0n) is 13.4. The number of hydrogen-bond donors (Lipinski definition) is 1. The van der Waals surface area contributed by atoms with Gasteiger partial charge in [0.15, 0.2) is 0 Å². The molecule has 0 spiro atoms. The van der Waals surface area contributed by atoms with E-state index in [4.69, 9.17) is 9.47 Å². The molecule has 0 saturated heterocycles. The molecule has 0 fully saturated rings. The monoisotopic (exact) mass is 279 g/mol. The molecule has 114 valence electrons. The van der Waals surface area contributed by atoms with Gasteiger partial charge in [0.05, 0.1) is 18.9 Å². The summed E-state index contributed by atoms with van der Waals surface area (Å²) in [6, 6.07) is 6.49. The summed E-state index contributed by atoms with van der Waals surface area (Å²) in [6.07, 6.45) is 4.79. The molecule has 0 amide bonds. The van der Waals surface area contributed by atoms with Crippen molar-refractivity contribution in [2.24, 2.45) is 0 Å². The molecule has 1 rings (SSSR count). The summed E-state index contributed by atoms with van der Waals surface area (Å²) in [6.45, 7) is 9.82. The Hall–Kier alpha value is -1.38. The van der Waals surface area contributed by atoms with Gasteiger partial charge in [-0.1, -0.05) is 26.7 Å². The quantitative estimate of drug-likeness (QED) is 0.663. The minimum Gasteiger partial charge on any atom is -0.494 e. The molecule has 20 heavy (non-hydrogen) atoms. The highest BCUT2D eigenvalue weighted by Gasteiger charge is 2.11. The number of rotatable bonds is 10. The first-order valence-corrected chi connectivity index (χ1v) is 7.91. The smallest absolute Gasteiger partial charge is 0.142 e. The first-order chi connectivity index (χ1) is 9.74. The maximum absolute atomic E-state index is 5.70. The van der Waals surface area contributed by atoms with E-state index in [0.29, 0.717) is 19.3 Å². The van der Waals surface area contributed by atoms with Crippen LogP contribution in [0, 0.1) is 0 Å². The van der Waals surface area contributed by atoms with Gasteiger partial charge in [-0.15, -0.1) is 0 Å². The molecule has 0 heterocycles. The van der Waals surface area contributed by atoms with Crippen molar-refractivity contribution in [1.29, 1.82) is 0 Å². The van der Waals surface area contributed by atoms with Gasteiger partial charge in [0.25, 0.3) is 0 Å². The van der Waals surface area contributed by atoms with Crippen LogP contribution in [0.2, 0.25) is 0 Å². The van der Waals surface area contributed by atoms with Gasteiger partial charge < -0.3 is 14.8 Å². The molecule has 1 unspecified atom stereocenters. The molecule has 1 atom stereocenters. The van der Waals surface area contributed by atoms with E-state index in [1.807, 2.05) is 32.0 Å². The van der Waals surface area contributed by atoms with Crippen LogP contribution < -0.4 is 14.8 Å². The van der Waals surface area contributed by atoms with Crippen LogP contribution in [0.25, 0.3) is 0 Å². The van der Waals surface area contributed by atoms with Crippen LogP contribution in [0.3, 0.4) is 0 Å². The largest absolute Gasteiger partial charge is 0.494 e. The lowest BCUT2D eigenvalue weighted by Crippen LogP contribution is -2.19. The summed E-state index contributed by atoms with van der Waals surface area (Å²) in [7, 11) is 0. The lowest BCUT2D eigenvalue weighted by molar-refractivity contribution is 0.331. The number of benzene rings is 1. The second kappa shape index (κ2) is 9.51. The molecule has 3 nitrogen and oxygen atoms in total. The number of ether oxygens (including phenoxy) is 2. The summed E-state index contributed by atoms with van der Waals surface area (Å²) >= 11 is 0. The van der Waals surface area contributed by atoms with Crippen molar-refractivity contribution in [2.45, 2.75) is 59.4 Å². The topological polar surface area (TPSA) is 30.5 Å². The lowest BCUT2D eigenvalue weighted by atomic mass is 10.1. The number of nitrogens with one attached hydrogen (secondary N) is 1. The van der Waals surface area contributed by atoms with Crippen LogP contribution in [0.4, 0.5) is 5.69 Å². The Morgan fingerprint density at radius 2 is 1.80 bits per heavy atom. The van der Waals surface area contributed by atoms with Gasteiger partial charge in [0.2, 0.25) is 0 Å². The Labute approximate surface area is 123 Å². The molecule has 0 aliphatic carbocycles. The van der Waals surface area contributed by atoms with Crippen molar-refractivity contribution in [2.75, 3.05) is 18.5 Å². The average molecular weight is 279 g/mol. The molecule has 0 aliphatic rings.